The molecule has 3 heterocycles. The van der Waals surface area contributed by atoms with Crippen LogP contribution < -0.4 is 4.74 Å². The first-order chi connectivity index (χ1) is 12.7. The van der Waals surface area contributed by atoms with Gasteiger partial charge in [-0.15, -0.1) is 0 Å². The van der Waals surface area contributed by atoms with Crippen LogP contribution in [-0.4, -0.2) is 45.5 Å². The van der Waals surface area contributed by atoms with Crippen LogP contribution in [0, 0.1) is 0 Å². The molecule has 4 rings (SSSR count). The van der Waals surface area contributed by atoms with Crippen LogP contribution >= 0.6 is 0 Å². The average Bonchev–Trinajstić information content (AvgIpc) is 3.31. The third kappa shape index (κ3) is 2.81. The quantitative estimate of drug-likeness (QED) is 0.725. The number of likely N-dealkylation sites (tertiary alicyclic amines) is 1. The summed E-state index contributed by atoms with van der Waals surface area (Å²) in [6.07, 6.45) is 2.72. The van der Waals surface area contributed by atoms with Crippen molar-refractivity contribution in [3.8, 4) is 5.75 Å². The molecule has 1 atom stereocenters. The number of hydrogen-bond donors (Lipinski definition) is 0. The third-order valence-corrected chi connectivity index (χ3v) is 5.03. The number of benzene rings is 1. The van der Waals surface area contributed by atoms with Crippen LogP contribution in [0.3, 0.4) is 0 Å². The van der Waals surface area contributed by atoms with E-state index in [4.69, 9.17) is 9.72 Å². The van der Waals surface area contributed by atoms with Gasteiger partial charge in [0.25, 0.3) is 5.91 Å². The Hall–Kier alpha value is -2.89. The number of amides is 1. The minimum Gasteiger partial charge on any atom is -0.497 e. The molecule has 1 aliphatic rings. The molecule has 0 unspecified atom stereocenters. The number of fused-ring (bicyclic) bond motifs is 1. The van der Waals surface area contributed by atoms with Gasteiger partial charge in [-0.1, -0.05) is 0 Å². The Kier molecular flexibility index (Phi) is 4.32. The van der Waals surface area contributed by atoms with Crippen molar-refractivity contribution in [1.29, 1.82) is 0 Å². The number of carbonyl (C=O) groups excluding carboxylic acids is 1. The maximum absolute atomic E-state index is 12.8. The van der Waals surface area contributed by atoms with Gasteiger partial charge in [0, 0.05) is 37.3 Å². The van der Waals surface area contributed by atoms with E-state index in [1.54, 1.807) is 13.3 Å². The zero-order chi connectivity index (χ0) is 18.1. The lowest BCUT2D eigenvalue weighted by atomic mass is 10.1. The summed E-state index contributed by atoms with van der Waals surface area (Å²) in [6, 6.07) is 11.2. The van der Waals surface area contributed by atoms with Gasteiger partial charge < -0.3 is 14.2 Å². The first kappa shape index (κ1) is 16.6. The number of imidazole rings is 1. The van der Waals surface area contributed by atoms with E-state index in [2.05, 4.69) is 16.5 Å². The van der Waals surface area contributed by atoms with E-state index in [0.717, 1.165) is 42.2 Å². The lowest BCUT2D eigenvalue weighted by Crippen LogP contribution is -2.28. The molecule has 26 heavy (non-hydrogen) atoms. The fourth-order valence-electron chi connectivity index (χ4n) is 3.67. The molecule has 0 N–H and O–H groups in total. The fraction of sp³-hybridized carbons (Fsp3) is 0.350. The topological polar surface area (TPSA) is 60.2 Å². The maximum Gasteiger partial charge on any atom is 0.253 e. The number of aryl methyl sites for hydroxylation is 1. The van der Waals surface area contributed by atoms with Gasteiger partial charge in [0.05, 0.1) is 7.11 Å². The highest BCUT2D eigenvalue weighted by Crippen LogP contribution is 2.30. The van der Waals surface area contributed by atoms with Gasteiger partial charge in [0.15, 0.2) is 5.65 Å². The van der Waals surface area contributed by atoms with E-state index in [-0.39, 0.29) is 11.8 Å². The van der Waals surface area contributed by atoms with Gasteiger partial charge >= 0.3 is 0 Å². The van der Waals surface area contributed by atoms with Gasteiger partial charge in [-0.25, -0.2) is 9.97 Å². The molecule has 6 heteroatoms. The summed E-state index contributed by atoms with van der Waals surface area (Å²) >= 11 is 0. The Bertz CT molecular complexity index is 933. The molecule has 1 aliphatic heterocycles. The van der Waals surface area contributed by atoms with Gasteiger partial charge in [0.2, 0.25) is 0 Å². The van der Waals surface area contributed by atoms with E-state index >= 15 is 0 Å². The molecule has 1 fully saturated rings. The number of aromatic nitrogens is 3. The molecule has 2 aromatic heterocycles. The third-order valence-electron chi connectivity index (χ3n) is 5.03. The normalized spacial score (nSPS) is 17.0. The van der Waals surface area contributed by atoms with Crippen molar-refractivity contribution in [3.63, 3.8) is 0 Å². The van der Waals surface area contributed by atoms with Crippen molar-refractivity contribution in [2.75, 3.05) is 20.2 Å². The van der Waals surface area contributed by atoms with Crippen molar-refractivity contribution in [1.82, 2.24) is 19.4 Å². The molecule has 6 nitrogen and oxygen atoms in total. The first-order valence-corrected chi connectivity index (χ1v) is 8.95. The van der Waals surface area contributed by atoms with Crippen LogP contribution in [0.1, 0.15) is 35.4 Å². The standard InChI is InChI=1S/C20H22N4O2/c1-3-24-18(22-17-5-4-11-21-19(17)24)15-10-12-23(13-15)20(25)14-6-8-16(26-2)9-7-14/h4-9,11,15H,3,10,12-13H2,1-2H3/t15-/m1/s1. The van der Waals surface area contributed by atoms with E-state index in [0.29, 0.717) is 12.1 Å². The minimum absolute atomic E-state index is 0.0624. The lowest BCUT2D eigenvalue weighted by molar-refractivity contribution is 0.0790. The Labute approximate surface area is 152 Å². The van der Waals surface area contributed by atoms with Gasteiger partial charge in [-0.2, -0.15) is 0 Å². The highest BCUT2D eigenvalue weighted by molar-refractivity contribution is 5.94. The Morgan fingerprint density at radius 3 is 2.81 bits per heavy atom. The van der Waals surface area contributed by atoms with Crippen LogP contribution in [0.15, 0.2) is 42.6 Å². The Morgan fingerprint density at radius 2 is 2.08 bits per heavy atom. The second-order valence-electron chi connectivity index (χ2n) is 6.53. The van der Waals surface area contributed by atoms with Gasteiger partial charge in [0.1, 0.15) is 17.1 Å². The molecule has 134 valence electrons. The van der Waals surface area contributed by atoms with Crippen molar-refractivity contribution in [2.24, 2.45) is 0 Å². The second-order valence-corrected chi connectivity index (χ2v) is 6.53. The number of carbonyl (C=O) groups is 1. The molecule has 1 amide bonds. The predicted octanol–water partition coefficient (Wildman–Crippen LogP) is 3.09. The zero-order valence-electron chi connectivity index (χ0n) is 15.1. The monoisotopic (exact) mass is 350 g/mol. The summed E-state index contributed by atoms with van der Waals surface area (Å²) in [5.41, 5.74) is 2.53. The number of methoxy groups -OCH3 is 1. The van der Waals surface area contributed by atoms with E-state index in [9.17, 15) is 4.79 Å². The van der Waals surface area contributed by atoms with Crippen LogP contribution in [0.2, 0.25) is 0 Å². The molecule has 0 aliphatic carbocycles. The second kappa shape index (κ2) is 6.78. The van der Waals surface area contributed by atoms with Gasteiger partial charge in [-0.3, -0.25) is 4.79 Å². The number of hydrogen-bond acceptors (Lipinski definition) is 4. The SMILES string of the molecule is CCn1c([C@@H]2CCN(C(=O)c3ccc(OC)cc3)C2)nc2cccnc21. The molecule has 1 saturated heterocycles. The summed E-state index contributed by atoms with van der Waals surface area (Å²) in [5.74, 6) is 2.09. The van der Waals surface area contributed by atoms with Crippen LogP contribution in [0.4, 0.5) is 0 Å². The molecular weight excluding hydrogens is 328 g/mol. The van der Waals surface area contributed by atoms with Crippen molar-refractivity contribution >= 4 is 17.1 Å². The first-order valence-electron chi connectivity index (χ1n) is 8.95. The smallest absolute Gasteiger partial charge is 0.253 e. The predicted molar refractivity (Wildman–Crippen MR) is 99.5 cm³/mol. The highest BCUT2D eigenvalue weighted by atomic mass is 16.5. The highest BCUT2D eigenvalue weighted by Gasteiger charge is 2.31. The van der Waals surface area contributed by atoms with Crippen molar-refractivity contribution in [2.45, 2.75) is 25.8 Å². The molecule has 0 saturated carbocycles. The summed E-state index contributed by atoms with van der Waals surface area (Å²) in [5, 5.41) is 0. The fourth-order valence-corrected chi connectivity index (χ4v) is 3.67. The van der Waals surface area contributed by atoms with Crippen LogP contribution in [0.5, 0.6) is 5.75 Å². The summed E-state index contributed by atoms with van der Waals surface area (Å²) in [4.78, 5) is 24.0. The van der Waals surface area contributed by atoms with Crippen LogP contribution in [0.25, 0.3) is 11.2 Å². The number of pyridine rings is 1. The summed E-state index contributed by atoms with van der Waals surface area (Å²) in [6.45, 7) is 4.37. The Morgan fingerprint density at radius 1 is 1.27 bits per heavy atom. The zero-order valence-corrected chi connectivity index (χ0v) is 15.1. The van der Waals surface area contributed by atoms with Gasteiger partial charge in [-0.05, 0) is 49.7 Å². The number of ether oxygens (including phenoxy) is 1. The van der Waals surface area contributed by atoms with E-state index < -0.39 is 0 Å². The molecule has 0 spiro atoms. The molecule has 3 aromatic rings. The number of rotatable bonds is 4. The van der Waals surface area contributed by atoms with E-state index in [1.165, 1.54) is 0 Å². The molecule has 0 radical (unpaired) electrons. The molecule has 0 bridgehead atoms. The Balaban J connectivity index is 1.55. The lowest BCUT2D eigenvalue weighted by Gasteiger charge is -2.17. The largest absolute Gasteiger partial charge is 0.497 e. The molecule has 1 aromatic carbocycles. The van der Waals surface area contributed by atoms with Crippen molar-refractivity contribution < 1.29 is 9.53 Å². The van der Waals surface area contributed by atoms with E-state index in [1.807, 2.05) is 41.3 Å². The summed E-state index contributed by atoms with van der Waals surface area (Å²) in [7, 11) is 1.62. The summed E-state index contributed by atoms with van der Waals surface area (Å²) < 4.78 is 7.33. The van der Waals surface area contributed by atoms with Crippen molar-refractivity contribution in [3.05, 3.63) is 54.0 Å². The van der Waals surface area contributed by atoms with Crippen LogP contribution in [-0.2, 0) is 6.54 Å². The average molecular weight is 350 g/mol. The minimum atomic E-state index is 0.0624. The number of nitrogens with zero attached hydrogens (tertiary/aromatic N) is 4. The maximum atomic E-state index is 12.8. The molecular formula is C20H22N4O2.